The summed E-state index contributed by atoms with van der Waals surface area (Å²) in [5.41, 5.74) is 3.81. The normalized spacial score (nSPS) is 13.7. The molecule has 1 saturated heterocycles. The summed E-state index contributed by atoms with van der Waals surface area (Å²) in [6.45, 7) is 6.85. The molecule has 1 aliphatic rings. The van der Waals surface area contributed by atoms with Crippen LogP contribution in [0.4, 0.5) is 0 Å². The van der Waals surface area contributed by atoms with Crippen molar-refractivity contribution in [3.8, 4) is 11.5 Å². The molecule has 1 aliphatic heterocycles. The van der Waals surface area contributed by atoms with Crippen LogP contribution in [-0.2, 0) is 29.3 Å². The van der Waals surface area contributed by atoms with E-state index in [-0.39, 0.29) is 0 Å². The van der Waals surface area contributed by atoms with Crippen molar-refractivity contribution in [1.29, 1.82) is 0 Å². The number of hydrogen-bond acceptors (Lipinski definition) is 7. The number of aliphatic carboxylic acids is 2. The maximum atomic E-state index is 9.10. The molecule has 2 N–H and O–H groups in total. The van der Waals surface area contributed by atoms with Crippen LogP contribution in [0.15, 0.2) is 77.7 Å². The van der Waals surface area contributed by atoms with Crippen LogP contribution in [-0.4, -0.2) is 71.5 Å². The van der Waals surface area contributed by atoms with E-state index in [1.54, 1.807) is 18.9 Å². The van der Waals surface area contributed by atoms with Crippen molar-refractivity contribution in [1.82, 2.24) is 9.80 Å². The monoisotopic (exact) mass is 538 g/mol. The maximum absolute atomic E-state index is 9.10. The molecule has 0 spiro atoms. The van der Waals surface area contributed by atoms with Crippen LogP contribution in [0.25, 0.3) is 0 Å². The fourth-order valence-corrected chi connectivity index (χ4v) is 4.43. The van der Waals surface area contributed by atoms with Crippen LogP contribution in [0, 0.1) is 0 Å². The number of rotatable bonds is 9. The van der Waals surface area contributed by atoms with Crippen molar-refractivity contribution in [2.24, 2.45) is 0 Å². The third kappa shape index (κ3) is 9.41. The SMILES string of the molecule is COc1ccc(CN2CCN(Cc3ccc(SC)cc3)CC2)cc1OCc1ccccc1.O=C(O)C(=O)O. The second kappa shape index (κ2) is 15.0. The van der Waals surface area contributed by atoms with Crippen LogP contribution < -0.4 is 9.47 Å². The molecule has 4 rings (SSSR count). The number of ether oxygens (including phenoxy) is 2. The Bertz CT molecular complexity index is 1150. The van der Waals surface area contributed by atoms with Gasteiger partial charge in [-0.05, 0) is 47.2 Å². The molecule has 38 heavy (non-hydrogen) atoms. The van der Waals surface area contributed by atoms with E-state index in [4.69, 9.17) is 29.3 Å². The standard InChI is InChI=1S/C27H32N2O2S.C2H2O4/c1-30-26-13-10-24(18-27(26)31-21-23-6-4-3-5-7-23)20-29-16-14-28(15-17-29)19-22-8-11-25(32-2)12-9-22;3-1(4)2(5)6/h3-13,18H,14-17,19-21H2,1-2H3;(H,3,4)(H,5,6). The number of methoxy groups -OCH3 is 1. The molecule has 0 aliphatic carbocycles. The Hall–Kier alpha value is -3.53. The van der Waals surface area contributed by atoms with Gasteiger partial charge in [0.15, 0.2) is 11.5 Å². The highest BCUT2D eigenvalue weighted by Crippen LogP contribution is 2.29. The Balaban J connectivity index is 0.000000599. The van der Waals surface area contributed by atoms with Gasteiger partial charge in [-0.1, -0.05) is 48.5 Å². The summed E-state index contributed by atoms with van der Waals surface area (Å²) >= 11 is 1.79. The number of hydrogen-bond donors (Lipinski definition) is 2. The Labute approximate surface area is 227 Å². The summed E-state index contributed by atoms with van der Waals surface area (Å²) in [5, 5.41) is 14.8. The second-order valence-corrected chi connectivity index (χ2v) is 9.65. The smallest absolute Gasteiger partial charge is 0.414 e. The van der Waals surface area contributed by atoms with Gasteiger partial charge in [-0.2, -0.15) is 0 Å². The summed E-state index contributed by atoms with van der Waals surface area (Å²) in [4.78, 5) is 24.6. The highest BCUT2D eigenvalue weighted by molar-refractivity contribution is 7.98. The van der Waals surface area contributed by atoms with Crippen molar-refractivity contribution < 1.29 is 29.3 Å². The summed E-state index contributed by atoms with van der Waals surface area (Å²) in [6, 6.07) is 25.5. The lowest BCUT2D eigenvalue weighted by Gasteiger charge is -2.34. The van der Waals surface area contributed by atoms with E-state index in [1.807, 2.05) is 24.3 Å². The van der Waals surface area contributed by atoms with E-state index in [2.05, 4.69) is 64.6 Å². The summed E-state index contributed by atoms with van der Waals surface area (Å²) in [6.07, 6.45) is 2.12. The quantitative estimate of drug-likeness (QED) is 0.302. The van der Waals surface area contributed by atoms with Gasteiger partial charge in [-0.25, -0.2) is 9.59 Å². The molecule has 202 valence electrons. The van der Waals surface area contributed by atoms with Gasteiger partial charge < -0.3 is 19.7 Å². The number of thioether (sulfide) groups is 1. The molecule has 3 aromatic carbocycles. The Morgan fingerprint density at radius 2 is 1.32 bits per heavy atom. The molecule has 0 atom stereocenters. The minimum Gasteiger partial charge on any atom is -0.493 e. The van der Waals surface area contributed by atoms with Crippen molar-refractivity contribution in [3.05, 3.63) is 89.5 Å². The molecular formula is C29H34N2O6S. The largest absolute Gasteiger partial charge is 0.493 e. The topological polar surface area (TPSA) is 99.5 Å². The van der Waals surface area contributed by atoms with Gasteiger partial charge >= 0.3 is 11.9 Å². The van der Waals surface area contributed by atoms with E-state index >= 15 is 0 Å². The average Bonchev–Trinajstić information content (AvgIpc) is 2.94. The third-order valence-corrected chi connectivity index (χ3v) is 6.83. The maximum Gasteiger partial charge on any atom is 0.414 e. The molecule has 1 heterocycles. The average molecular weight is 539 g/mol. The molecule has 0 amide bonds. The van der Waals surface area contributed by atoms with Crippen LogP contribution in [0.1, 0.15) is 16.7 Å². The van der Waals surface area contributed by atoms with Gasteiger partial charge in [0.05, 0.1) is 7.11 Å². The van der Waals surface area contributed by atoms with E-state index in [0.29, 0.717) is 6.61 Å². The number of carboxylic acids is 2. The first-order valence-electron chi connectivity index (χ1n) is 12.3. The molecule has 1 fully saturated rings. The van der Waals surface area contributed by atoms with Crippen LogP contribution >= 0.6 is 11.8 Å². The van der Waals surface area contributed by atoms with Gasteiger partial charge in [0.25, 0.3) is 0 Å². The van der Waals surface area contributed by atoms with Crippen LogP contribution in [0.3, 0.4) is 0 Å². The van der Waals surface area contributed by atoms with Gasteiger partial charge in [0, 0.05) is 44.2 Å². The molecule has 0 aromatic heterocycles. The van der Waals surface area contributed by atoms with Gasteiger partial charge in [-0.15, -0.1) is 11.8 Å². The number of carboxylic acid groups (broad SMARTS) is 2. The number of benzene rings is 3. The zero-order valence-electron chi connectivity index (χ0n) is 21.7. The second-order valence-electron chi connectivity index (χ2n) is 8.77. The first-order valence-corrected chi connectivity index (χ1v) is 13.5. The lowest BCUT2D eigenvalue weighted by atomic mass is 10.1. The minimum atomic E-state index is -1.82. The predicted octanol–water partition coefficient (Wildman–Crippen LogP) is 4.47. The lowest BCUT2D eigenvalue weighted by molar-refractivity contribution is -0.159. The fraction of sp³-hybridized carbons (Fsp3) is 0.310. The first kappa shape index (κ1) is 29.0. The zero-order valence-corrected chi connectivity index (χ0v) is 22.5. The Morgan fingerprint density at radius 3 is 1.84 bits per heavy atom. The van der Waals surface area contributed by atoms with Crippen LogP contribution in [0.5, 0.6) is 11.5 Å². The summed E-state index contributed by atoms with van der Waals surface area (Å²) in [7, 11) is 1.69. The molecular weight excluding hydrogens is 504 g/mol. The van der Waals surface area contributed by atoms with E-state index in [0.717, 1.165) is 56.3 Å². The summed E-state index contributed by atoms with van der Waals surface area (Å²) < 4.78 is 11.6. The summed E-state index contributed by atoms with van der Waals surface area (Å²) in [5.74, 6) is -2.06. The first-order chi connectivity index (χ1) is 18.4. The van der Waals surface area contributed by atoms with Crippen molar-refractivity contribution in [2.75, 3.05) is 39.5 Å². The molecule has 0 saturated carbocycles. The van der Waals surface area contributed by atoms with Crippen molar-refractivity contribution in [2.45, 2.75) is 24.6 Å². The number of carbonyl (C=O) groups is 2. The number of piperazine rings is 1. The van der Waals surface area contributed by atoms with E-state index < -0.39 is 11.9 Å². The van der Waals surface area contributed by atoms with Gasteiger partial charge in [0.1, 0.15) is 6.61 Å². The predicted molar refractivity (Wildman–Crippen MR) is 148 cm³/mol. The Kier molecular flexibility index (Phi) is 11.5. The molecule has 3 aromatic rings. The van der Waals surface area contributed by atoms with Gasteiger partial charge in [0.2, 0.25) is 0 Å². The van der Waals surface area contributed by atoms with Crippen LogP contribution in [0.2, 0.25) is 0 Å². The van der Waals surface area contributed by atoms with Crippen molar-refractivity contribution >= 4 is 23.7 Å². The third-order valence-electron chi connectivity index (χ3n) is 6.08. The van der Waals surface area contributed by atoms with Crippen molar-refractivity contribution in [3.63, 3.8) is 0 Å². The molecule has 9 heteroatoms. The zero-order chi connectivity index (χ0) is 27.3. The molecule has 0 radical (unpaired) electrons. The highest BCUT2D eigenvalue weighted by atomic mass is 32.2. The molecule has 0 bridgehead atoms. The van der Waals surface area contributed by atoms with E-state index in [9.17, 15) is 0 Å². The minimum absolute atomic E-state index is 0.539. The fourth-order valence-electron chi connectivity index (χ4n) is 4.02. The lowest BCUT2D eigenvalue weighted by Crippen LogP contribution is -2.45. The molecule has 0 unspecified atom stereocenters. The Morgan fingerprint density at radius 1 is 0.763 bits per heavy atom. The molecule has 8 nitrogen and oxygen atoms in total. The number of nitrogens with zero attached hydrogens (tertiary/aromatic N) is 2. The highest BCUT2D eigenvalue weighted by Gasteiger charge is 2.18. The van der Waals surface area contributed by atoms with E-state index in [1.165, 1.54) is 16.0 Å². The van der Waals surface area contributed by atoms with Gasteiger partial charge in [-0.3, -0.25) is 9.80 Å².